The van der Waals surface area contributed by atoms with E-state index in [9.17, 15) is 13.2 Å². The third kappa shape index (κ3) is 4.87. The van der Waals surface area contributed by atoms with Crippen LogP contribution in [0.5, 0.6) is 0 Å². The van der Waals surface area contributed by atoms with E-state index in [1.54, 1.807) is 30.3 Å². The molecule has 7 heteroatoms. The van der Waals surface area contributed by atoms with E-state index in [0.29, 0.717) is 11.3 Å². The van der Waals surface area contributed by atoms with Crippen LogP contribution in [-0.2, 0) is 9.84 Å². The van der Waals surface area contributed by atoms with Crippen LogP contribution in [0, 0.1) is 6.92 Å². The number of hydrogen-bond donors (Lipinski definition) is 2. The molecule has 2 aromatic carbocycles. The Hall–Kier alpha value is -2.25. The minimum atomic E-state index is -3.24. The van der Waals surface area contributed by atoms with Crippen LogP contribution in [0.2, 0.25) is 0 Å². The quantitative estimate of drug-likeness (QED) is 0.834. The second-order valence-electron chi connectivity index (χ2n) is 5.07. The number of carbonyl (C=O) groups excluding carboxylic acids is 1. The van der Waals surface area contributed by atoms with Gasteiger partial charge >= 0.3 is 0 Å². The molecule has 0 fully saturated rings. The fourth-order valence-electron chi connectivity index (χ4n) is 1.91. The summed E-state index contributed by atoms with van der Waals surface area (Å²) in [6.45, 7) is 1.90. The van der Waals surface area contributed by atoms with Crippen LogP contribution >= 0.6 is 12.2 Å². The van der Waals surface area contributed by atoms with E-state index in [1.807, 2.05) is 13.0 Å². The number of hydrogen-bond acceptors (Lipinski definition) is 4. The van der Waals surface area contributed by atoms with Crippen molar-refractivity contribution in [2.45, 2.75) is 11.8 Å². The highest BCUT2D eigenvalue weighted by atomic mass is 32.2. The Kier molecular flexibility index (Phi) is 5.12. The third-order valence-electron chi connectivity index (χ3n) is 3.05. The first-order chi connectivity index (χ1) is 10.8. The zero-order valence-electron chi connectivity index (χ0n) is 12.7. The van der Waals surface area contributed by atoms with Gasteiger partial charge in [0, 0.05) is 17.5 Å². The molecular formula is C16H16N2O3S2. The highest BCUT2D eigenvalue weighted by molar-refractivity contribution is 7.90. The largest absolute Gasteiger partial charge is 0.332 e. The van der Waals surface area contributed by atoms with Gasteiger partial charge in [-0.1, -0.05) is 17.7 Å². The van der Waals surface area contributed by atoms with Gasteiger partial charge in [0.05, 0.1) is 4.90 Å². The number of nitrogens with one attached hydrogen (secondary N) is 2. The van der Waals surface area contributed by atoms with Gasteiger partial charge in [0.25, 0.3) is 5.91 Å². The summed E-state index contributed by atoms with van der Waals surface area (Å²) >= 11 is 5.09. The minimum Gasteiger partial charge on any atom is -0.332 e. The van der Waals surface area contributed by atoms with Crippen LogP contribution in [0.1, 0.15) is 15.9 Å². The number of sulfone groups is 1. The molecule has 0 aliphatic carbocycles. The molecule has 5 nitrogen and oxygen atoms in total. The maximum absolute atomic E-state index is 12.1. The Morgan fingerprint density at radius 2 is 1.74 bits per heavy atom. The van der Waals surface area contributed by atoms with Crippen molar-refractivity contribution in [2.75, 3.05) is 11.6 Å². The lowest BCUT2D eigenvalue weighted by atomic mass is 10.1. The number of rotatable bonds is 3. The second kappa shape index (κ2) is 6.89. The maximum atomic E-state index is 12.1. The standard InChI is InChI=1S/C16H16N2O3S2/c1-11-4-3-5-12(10-11)15(19)18-16(22)17-13-6-8-14(9-7-13)23(2,20)21/h3-10H,1-2H3,(H2,17,18,19,22). The third-order valence-corrected chi connectivity index (χ3v) is 4.38. The van der Waals surface area contributed by atoms with Gasteiger partial charge in [0.1, 0.15) is 0 Å². The topological polar surface area (TPSA) is 75.3 Å². The molecule has 0 saturated heterocycles. The van der Waals surface area contributed by atoms with Crippen LogP contribution in [0.15, 0.2) is 53.4 Å². The zero-order valence-corrected chi connectivity index (χ0v) is 14.3. The Morgan fingerprint density at radius 1 is 1.09 bits per heavy atom. The molecule has 0 aliphatic heterocycles. The van der Waals surface area contributed by atoms with E-state index in [-0.39, 0.29) is 15.9 Å². The van der Waals surface area contributed by atoms with Gasteiger partial charge in [-0.15, -0.1) is 0 Å². The summed E-state index contributed by atoms with van der Waals surface area (Å²) in [4.78, 5) is 12.3. The Bertz CT molecular complexity index is 844. The smallest absolute Gasteiger partial charge is 0.257 e. The minimum absolute atomic E-state index is 0.142. The molecule has 0 spiro atoms. The van der Waals surface area contributed by atoms with Crippen molar-refractivity contribution in [3.05, 3.63) is 59.7 Å². The summed E-state index contributed by atoms with van der Waals surface area (Å²) in [5.41, 5.74) is 2.08. The lowest BCUT2D eigenvalue weighted by Crippen LogP contribution is -2.34. The van der Waals surface area contributed by atoms with Crippen molar-refractivity contribution in [1.29, 1.82) is 0 Å². The molecule has 2 aromatic rings. The molecule has 0 aliphatic rings. The summed E-state index contributed by atoms with van der Waals surface area (Å²) in [6, 6.07) is 13.3. The SMILES string of the molecule is Cc1cccc(C(=O)NC(=S)Nc2ccc(S(C)(=O)=O)cc2)c1. The lowest BCUT2D eigenvalue weighted by molar-refractivity contribution is 0.0977. The predicted octanol–water partition coefficient (Wildman–Crippen LogP) is 2.53. The fraction of sp³-hybridized carbons (Fsp3) is 0.125. The first-order valence-electron chi connectivity index (χ1n) is 6.75. The van der Waals surface area contributed by atoms with Crippen molar-refractivity contribution in [3.63, 3.8) is 0 Å². The van der Waals surface area contributed by atoms with E-state index in [2.05, 4.69) is 10.6 Å². The highest BCUT2D eigenvalue weighted by Crippen LogP contribution is 2.13. The second-order valence-corrected chi connectivity index (χ2v) is 7.50. The molecule has 0 bridgehead atoms. The average molecular weight is 348 g/mol. The molecule has 120 valence electrons. The number of thiocarbonyl (C=S) groups is 1. The van der Waals surface area contributed by atoms with Gasteiger partial charge in [-0.3, -0.25) is 10.1 Å². The molecule has 23 heavy (non-hydrogen) atoms. The molecule has 0 saturated carbocycles. The molecule has 0 atom stereocenters. The summed E-state index contributed by atoms with van der Waals surface area (Å²) in [7, 11) is -3.24. The van der Waals surface area contributed by atoms with Crippen LogP contribution in [0.3, 0.4) is 0 Å². The van der Waals surface area contributed by atoms with E-state index < -0.39 is 9.84 Å². The molecule has 2 N–H and O–H groups in total. The Labute approximate surface area is 140 Å². The van der Waals surface area contributed by atoms with Gasteiger partial charge in [-0.05, 0) is 55.5 Å². The summed E-state index contributed by atoms with van der Waals surface area (Å²) in [5.74, 6) is -0.307. The molecule has 2 rings (SSSR count). The fourth-order valence-corrected chi connectivity index (χ4v) is 2.75. The number of anilines is 1. The summed E-state index contributed by atoms with van der Waals surface area (Å²) < 4.78 is 22.8. The molecular weight excluding hydrogens is 332 g/mol. The molecule has 0 radical (unpaired) electrons. The van der Waals surface area contributed by atoms with E-state index in [0.717, 1.165) is 11.8 Å². The average Bonchev–Trinajstić information content (AvgIpc) is 2.46. The van der Waals surface area contributed by atoms with Crippen LogP contribution < -0.4 is 10.6 Å². The van der Waals surface area contributed by atoms with E-state index >= 15 is 0 Å². The number of aryl methyl sites for hydroxylation is 1. The number of carbonyl (C=O) groups is 1. The summed E-state index contributed by atoms with van der Waals surface area (Å²) in [5, 5.41) is 5.56. The van der Waals surface area contributed by atoms with Gasteiger partial charge in [0.2, 0.25) is 0 Å². The number of amides is 1. The maximum Gasteiger partial charge on any atom is 0.257 e. The van der Waals surface area contributed by atoms with E-state index in [1.165, 1.54) is 12.1 Å². The molecule has 0 heterocycles. The van der Waals surface area contributed by atoms with Crippen molar-refractivity contribution in [1.82, 2.24) is 5.32 Å². The van der Waals surface area contributed by atoms with Gasteiger partial charge in [0.15, 0.2) is 14.9 Å². The Morgan fingerprint density at radius 3 is 2.30 bits per heavy atom. The van der Waals surface area contributed by atoms with Crippen LogP contribution in [0.4, 0.5) is 5.69 Å². The molecule has 1 amide bonds. The van der Waals surface area contributed by atoms with Crippen molar-refractivity contribution in [3.8, 4) is 0 Å². The molecule has 0 unspecified atom stereocenters. The number of benzene rings is 2. The van der Waals surface area contributed by atoms with Crippen molar-refractivity contribution >= 4 is 38.8 Å². The van der Waals surface area contributed by atoms with Crippen LogP contribution in [0.25, 0.3) is 0 Å². The lowest BCUT2D eigenvalue weighted by Gasteiger charge is -2.10. The van der Waals surface area contributed by atoms with Gasteiger partial charge in [-0.25, -0.2) is 8.42 Å². The summed E-state index contributed by atoms with van der Waals surface area (Å²) in [6.07, 6.45) is 1.14. The zero-order chi connectivity index (χ0) is 17.0. The van der Waals surface area contributed by atoms with Gasteiger partial charge in [-0.2, -0.15) is 0 Å². The first kappa shape index (κ1) is 17.1. The van der Waals surface area contributed by atoms with Gasteiger partial charge < -0.3 is 5.32 Å². The first-order valence-corrected chi connectivity index (χ1v) is 9.05. The van der Waals surface area contributed by atoms with Crippen LogP contribution in [-0.4, -0.2) is 25.7 Å². The normalized spacial score (nSPS) is 10.9. The van der Waals surface area contributed by atoms with E-state index in [4.69, 9.17) is 12.2 Å². The highest BCUT2D eigenvalue weighted by Gasteiger charge is 2.09. The Balaban J connectivity index is 2.01. The monoisotopic (exact) mass is 348 g/mol. The van der Waals surface area contributed by atoms with Crippen molar-refractivity contribution < 1.29 is 13.2 Å². The predicted molar refractivity (Wildman–Crippen MR) is 94.4 cm³/mol. The molecule has 0 aromatic heterocycles. The van der Waals surface area contributed by atoms with Crippen molar-refractivity contribution in [2.24, 2.45) is 0 Å².